The largest absolute Gasteiger partial charge is 0.371 e. The lowest BCUT2D eigenvalue weighted by atomic mass is 10.0. The Balaban J connectivity index is 1.82. The summed E-state index contributed by atoms with van der Waals surface area (Å²) in [5.41, 5.74) is 1.88. The third-order valence-electron chi connectivity index (χ3n) is 4.19. The smallest absolute Gasteiger partial charge is 0.125 e. The van der Waals surface area contributed by atoms with Crippen LogP contribution in [0.3, 0.4) is 0 Å². The van der Waals surface area contributed by atoms with E-state index in [0.717, 1.165) is 36.2 Å². The van der Waals surface area contributed by atoms with Crippen LogP contribution < -0.4 is 4.90 Å². The number of alkyl halides is 1. The number of halogens is 2. The van der Waals surface area contributed by atoms with Crippen LogP contribution in [0, 0.1) is 17.7 Å². The van der Waals surface area contributed by atoms with Crippen LogP contribution in [0.4, 0.5) is 10.1 Å². The topological polar surface area (TPSA) is 3.24 Å². The van der Waals surface area contributed by atoms with Crippen LogP contribution in [-0.2, 0) is 5.88 Å². The number of hydrogen-bond acceptors (Lipinski definition) is 1. The standard InChI is InChI=1S/C14H17ClFN/c15-7-10-4-13(16)6-14(5-10)17-8-11-2-1-3-12(11)9-17/h4-6,11-12H,1-3,7-9H2. The Labute approximate surface area is 107 Å². The summed E-state index contributed by atoms with van der Waals surface area (Å²) >= 11 is 5.79. The molecule has 92 valence electrons. The fourth-order valence-corrected chi connectivity index (χ4v) is 3.49. The van der Waals surface area contributed by atoms with Crippen LogP contribution in [0.2, 0.25) is 0 Å². The average molecular weight is 254 g/mol. The van der Waals surface area contributed by atoms with E-state index in [9.17, 15) is 4.39 Å². The van der Waals surface area contributed by atoms with Crippen LogP contribution in [-0.4, -0.2) is 13.1 Å². The number of benzene rings is 1. The summed E-state index contributed by atoms with van der Waals surface area (Å²) in [7, 11) is 0. The Hall–Kier alpha value is -0.760. The van der Waals surface area contributed by atoms with Gasteiger partial charge in [-0.05, 0) is 48.4 Å². The van der Waals surface area contributed by atoms with Crippen LogP contribution in [0.1, 0.15) is 24.8 Å². The summed E-state index contributed by atoms with van der Waals surface area (Å²) in [5, 5.41) is 0. The minimum absolute atomic E-state index is 0.171. The van der Waals surface area contributed by atoms with E-state index in [-0.39, 0.29) is 5.82 Å². The highest BCUT2D eigenvalue weighted by atomic mass is 35.5. The summed E-state index contributed by atoms with van der Waals surface area (Å²) in [6.07, 6.45) is 4.07. The molecule has 0 bridgehead atoms. The van der Waals surface area contributed by atoms with Gasteiger partial charge in [-0.3, -0.25) is 0 Å². The monoisotopic (exact) mass is 253 g/mol. The first kappa shape index (κ1) is 11.3. The summed E-state index contributed by atoms with van der Waals surface area (Å²) in [6.45, 7) is 2.19. The maximum atomic E-state index is 13.5. The zero-order chi connectivity index (χ0) is 11.8. The number of nitrogens with zero attached hydrogens (tertiary/aromatic N) is 1. The Morgan fingerprint density at radius 3 is 2.53 bits per heavy atom. The van der Waals surface area contributed by atoms with E-state index in [1.165, 1.54) is 25.3 Å². The van der Waals surface area contributed by atoms with E-state index < -0.39 is 0 Å². The van der Waals surface area contributed by atoms with Crippen molar-refractivity contribution in [3.05, 3.63) is 29.6 Å². The number of hydrogen-bond donors (Lipinski definition) is 0. The molecule has 2 fully saturated rings. The molecule has 2 unspecified atom stereocenters. The second kappa shape index (κ2) is 4.49. The summed E-state index contributed by atoms with van der Waals surface area (Å²) in [6, 6.07) is 5.18. The van der Waals surface area contributed by atoms with Gasteiger partial charge in [-0.15, -0.1) is 11.6 Å². The highest BCUT2D eigenvalue weighted by molar-refractivity contribution is 6.17. The average Bonchev–Trinajstić information content (AvgIpc) is 2.88. The molecule has 2 aliphatic rings. The van der Waals surface area contributed by atoms with E-state index in [0.29, 0.717) is 5.88 Å². The van der Waals surface area contributed by atoms with Gasteiger partial charge < -0.3 is 4.90 Å². The Bertz CT molecular complexity index is 409. The van der Waals surface area contributed by atoms with Crippen molar-refractivity contribution in [3.8, 4) is 0 Å². The Morgan fingerprint density at radius 2 is 1.88 bits per heavy atom. The first-order valence-electron chi connectivity index (χ1n) is 6.36. The van der Waals surface area contributed by atoms with Crippen LogP contribution in [0.15, 0.2) is 18.2 Å². The van der Waals surface area contributed by atoms with Gasteiger partial charge in [0.25, 0.3) is 0 Å². The highest BCUT2D eigenvalue weighted by Gasteiger charge is 2.36. The van der Waals surface area contributed by atoms with Crippen molar-refractivity contribution < 1.29 is 4.39 Å². The van der Waals surface area contributed by atoms with E-state index in [1.54, 1.807) is 6.07 Å². The Morgan fingerprint density at radius 1 is 1.18 bits per heavy atom. The van der Waals surface area contributed by atoms with Crippen molar-refractivity contribution in [1.82, 2.24) is 0 Å². The highest BCUT2D eigenvalue weighted by Crippen LogP contribution is 2.39. The molecule has 0 amide bonds. The molecule has 2 atom stereocenters. The van der Waals surface area contributed by atoms with Gasteiger partial charge in [-0.2, -0.15) is 0 Å². The molecule has 1 nitrogen and oxygen atoms in total. The molecule has 1 saturated carbocycles. The third-order valence-corrected chi connectivity index (χ3v) is 4.50. The van der Waals surface area contributed by atoms with Crippen LogP contribution >= 0.6 is 11.6 Å². The van der Waals surface area contributed by atoms with Crippen molar-refractivity contribution in [3.63, 3.8) is 0 Å². The molecule has 1 aliphatic carbocycles. The molecule has 17 heavy (non-hydrogen) atoms. The van der Waals surface area contributed by atoms with Crippen molar-refractivity contribution in [2.24, 2.45) is 11.8 Å². The molecule has 3 heteroatoms. The summed E-state index contributed by atoms with van der Waals surface area (Å²) < 4.78 is 13.5. The SMILES string of the molecule is Fc1cc(CCl)cc(N2CC3CCCC3C2)c1. The summed E-state index contributed by atoms with van der Waals surface area (Å²) in [4.78, 5) is 2.33. The minimum atomic E-state index is -0.171. The van der Waals surface area contributed by atoms with Gasteiger partial charge >= 0.3 is 0 Å². The zero-order valence-electron chi connectivity index (χ0n) is 9.83. The molecule has 0 aromatic heterocycles. The molecule has 1 aromatic rings. The zero-order valence-corrected chi connectivity index (χ0v) is 10.6. The molecule has 3 rings (SSSR count). The van der Waals surface area contributed by atoms with Crippen molar-refractivity contribution in [2.75, 3.05) is 18.0 Å². The van der Waals surface area contributed by atoms with Crippen molar-refractivity contribution in [1.29, 1.82) is 0 Å². The third kappa shape index (κ3) is 2.15. The van der Waals surface area contributed by atoms with Crippen LogP contribution in [0.5, 0.6) is 0 Å². The minimum Gasteiger partial charge on any atom is -0.371 e. The quantitative estimate of drug-likeness (QED) is 0.725. The normalized spacial score (nSPS) is 27.5. The van der Waals surface area contributed by atoms with Crippen molar-refractivity contribution in [2.45, 2.75) is 25.1 Å². The predicted molar refractivity (Wildman–Crippen MR) is 69.0 cm³/mol. The summed E-state index contributed by atoms with van der Waals surface area (Å²) in [5.74, 6) is 1.87. The van der Waals surface area contributed by atoms with Gasteiger partial charge in [0, 0.05) is 24.7 Å². The van der Waals surface area contributed by atoms with Gasteiger partial charge in [0.1, 0.15) is 5.82 Å². The lowest BCUT2D eigenvalue weighted by Gasteiger charge is -2.20. The van der Waals surface area contributed by atoms with Gasteiger partial charge in [0.2, 0.25) is 0 Å². The van der Waals surface area contributed by atoms with E-state index in [4.69, 9.17) is 11.6 Å². The second-order valence-corrected chi connectivity index (χ2v) is 5.57. The molecule has 1 aromatic carbocycles. The molecular weight excluding hydrogens is 237 g/mol. The van der Waals surface area contributed by atoms with Gasteiger partial charge in [0.15, 0.2) is 0 Å². The molecule has 0 N–H and O–H groups in total. The fraction of sp³-hybridized carbons (Fsp3) is 0.571. The Kier molecular flexibility index (Phi) is 2.99. The first-order valence-corrected chi connectivity index (χ1v) is 6.90. The fourth-order valence-electron chi connectivity index (χ4n) is 3.34. The molecule has 0 radical (unpaired) electrons. The van der Waals surface area contributed by atoms with Gasteiger partial charge in [-0.25, -0.2) is 4.39 Å². The number of fused-ring (bicyclic) bond motifs is 1. The lowest BCUT2D eigenvalue weighted by Crippen LogP contribution is -2.20. The number of rotatable bonds is 2. The lowest BCUT2D eigenvalue weighted by molar-refractivity contribution is 0.494. The van der Waals surface area contributed by atoms with E-state index >= 15 is 0 Å². The molecule has 0 spiro atoms. The molecule has 1 heterocycles. The van der Waals surface area contributed by atoms with Crippen molar-refractivity contribution >= 4 is 17.3 Å². The molecular formula is C14H17ClFN. The second-order valence-electron chi connectivity index (χ2n) is 5.31. The first-order chi connectivity index (χ1) is 8.26. The molecule has 1 aliphatic heterocycles. The van der Waals surface area contributed by atoms with Gasteiger partial charge in [-0.1, -0.05) is 6.42 Å². The van der Waals surface area contributed by atoms with Gasteiger partial charge in [0.05, 0.1) is 0 Å². The number of anilines is 1. The molecule has 1 saturated heterocycles. The maximum absolute atomic E-state index is 13.5. The van der Waals surface area contributed by atoms with Crippen LogP contribution in [0.25, 0.3) is 0 Å². The maximum Gasteiger partial charge on any atom is 0.125 e. The predicted octanol–water partition coefficient (Wildman–Crippen LogP) is 3.80. The van der Waals surface area contributed by atoms with E-state index in [1.807, 2.05) is 6.07 Å². The van der Waals surface area contributed by atoms with E-state index in [2.05, 4.69) is 4.90 Å².